The molecule has 2 heterocycles. The molecule has 1 atom stereocenters. The minimum atomic E-state index is -0.962. The van der Waals surface area contributed by atoms with Crippen LogP contribution in [0.15, 0.2) is 29.6 Å². The molecular weight excluding hydrogens is 336 g/mol. The fourth-order valence-corrected chi connectivity index (χ4v) is 3.90. The van der Waals surface area contributed by atoms with Gasteiger partial charge in [0.25, 0.3) is 0 Å². The highest BCUT2D eigenvalue weighted by molar-refractivity contribution is 7.09. The Labute approximate surface area is 151 Å². The fraction of sp³-hybridized carbons (Fsp3) is 0.421. The summed E-state index contributed by atoms with van der Waals surface area (Å²) < 4.78 is 0. The summed E-state index contributed by atoms with van der Waals surface area (Å²) in [5.41, 5.74) is 2.67. The van der Waals surface area contributed by atoms with Gasteiger partial charge in [-0.05, 0) is 11.1 Å². The molecule has 0 aliphatic carbocycles. The summed E-state index contributed by atoms with van der Waals surface area (Å²) in [6, 6.07) is 6.89. The molecule has 1 N–H and O–H groups in total. The van der Waals surface area contributed by atoms with E-state index in [1.807, 2.05) is 29.6 Å². The number of aromatic nitrogens is 1. The third-order valence-corrected chi connectivity index (χ3v) is 5.70. The summed E-state index contributed by atoms with van der Waals surface area (Å²) in [5.74, 6) is -1.15. The molecular formula is C19H22N2O3S. The van der Waals surface area contributed by atoms with E-state index in [4.69, 9.17) is 0 Å². The van der Waals surface area contributed by atoms with Crippen LogP contribution in [0.4, 0.5) is 0 Å². The van der Waals surface area contributed by atoms with Gasteiger partial charge in [0, 0.05) is 23.8 Å². The summed E-state index contributed by atoms with van der Waals surface area (Å²) in [4.78, 5) is 30.5. The summed E-state index contributed by atoms with van der Waals surface area (Å²) in [7, 11) is 0. The first-order valence-corrected chi connectivity index (χ1v) is 9.17. The molecule has 0 saturated heterocycles. The molecule has 6 heteroatoms. The maximum absolute atomic E-state index is 12.8. The molecule has 1 aromatic heterocycles. The lowest BCUT2D eigenvalue weighted by atomic mass is 9.93. The van der Waals surface area contributed by atoms with Crippen LogP contribution in [0.25, 0.3) is 0 Å². The molecule has 25 heavy (non-hydrogen) atoms. The van der Waals surface area contributed by atoms with Crippen LogP contribution in [0.5, 0.6) is 0 Å². The molecule has 0 spiro atoms. The predicted molar refractivity (Wildman–Crippen MR) is 96.6 cm³/mol. The second kappa shape index (κ2) is 6.59. The minimum absolute atomic E-state index is 0.0559. The average molecular weight is 358 g/mol. The minimum Gasteiger partial charge on any atom is -0.480 e. The molecule has 1 aromatic carbocycles. The third kappa shape index (κ3) is 3.74. The van der Waals surface area contributed by atoms with Gasteiger partial charge in [0.15, 0.2) is 0 Å². The number of carboxylic acids is 1. The fourth-order valence-electron chi connectivity index (χ4n) is 2.99. The first kappa shape index (κ1) is 17.6. The number of nitrogens with zero attached hydrogens (tertiary/aromatic N) is 2. The Morgan fingerprint density at radius 1 is 1.28 bits per heavy atom. The number of thiazole rings is 1. The van der Waals surface area contributed by atoms with Crippen molar-refractivity contribution >= 4 is 23.2 Å². The van der Waals surface area contributed by atoms with Crippen molar-refractivity contribution in [1.29, 1.82) is 0 Å². The van der Waals surface area contributed by atoms with Gasteiger partial charge in [0.05, 0.1) is 17.1 Å². The molecule has 0 fully saturated rings. The van der Waals surface area contributed by atoms with E-state index in [0.717, 1.165) is 16.1 Å². The molecule has 0 bridgehead atoms. The first-order chi connectivity index (χ1) is 11.8. The molecule has 132 valence electrons. The molecule has 1 aliphatic heterocycles. The van der Waals surface area contributed by atoms with Gasteiger partial charge in [-0.25, -0.2) is 9.78 Å². The number of carbonyl (C=O) groups is 2. The van der Waals surface area contributed by atoms with Gasteiger partial charge < -0.3 is 10.0 Å². The van der Waals surface area contributed by atoms with Gasteiger partial charge in [0.2, 0.25) is 5.91 Å². The number of benzene rings is 1. The normalized spacial score (nSPS) is 17.2. The number of rotatable bonds is 3. The van der Waals surface area contributed by atoms with Crippen molar-refractivity contribution < 1.29 is 14.7 Å². The van der Waals surface area contributed by atoms with Gasteiger partial charge in [-0.2, -0.15) is 0 Å². The predicted octanol–water partition coefficient (Wildman–Crippen LogP) is 3.02. The molecule has 5 nitrogen and oxygen atoms in total. The SMILES string of the molecule is CC(C)(C)c1nc(CC(=O)N2Cc3ccccc3CC2C(=O)O)cs1. The maximum Gasteiger partial charge on any atom is 0.326 e. The second-order valence-corrected chi connectivity index (χ2v) is 8.28. The topological polar surface area (TPSA) is 70.5 Å². The van der Waals surface area contributed by atoms with Crippen molar-refractivity contribution in [2.45, 2.75) is 51.6 Å². The molecule has 1 amide bonds. The van der Waals surface area contributed by atoms with E-state index >= 15 is 0 Å². The number of carbonyl (C=O) groups excluding carboxylic acids is 1. The van der Waals surface area contributed by atoms with Gasteiger partial charge in [0.1, 0.15) is 6.04 Å². The van der Waals surface area contributed by atoms with Gasteiger partial charge >= 0.3 is 5.97 Å². The van der Waals surface area contributed by atoms with Crippen molar-refractivity contribution in [3.05, 3.63) is 51.5 Å². The molecule has 0 radical (unpaired) electrons. The number of hydrogen-bond acceptors (Lipinski definition) is 4. The first-order valence-electron chi connectivity index (χ1n) is 8.29. The van der Waals surface area contributed by atoms with Gasteiger partial charge in [-0.15, -0.1) is 11.3 Å². The highest BCUT2D eigenvalue weighted by Gasteiger charge is 2.34. The maximum atomic E-state index is 12.8. The molecule has 3 rings (SSSR count). The van der Waals surface area contributed by atoms with E-state index in [-0.39, 0.29) is 17.7 Å². The smallest absolute Gasteiger partial charge is 0.326 e. The van der Waals surface area contributed by atoms with E-state index in [0.29, 0.717) is 18.7 Å². The van der Waals surface area contributed by atoms with Crippen LogP contribution in [0.1, 0.15) is 42.6 Å². The monoisotopic (exact) mass is 358 g/mol. The Bertz CT molecular complexity index is 807. The number of carboxylic acid groups (broad SMARTS) is 1. The van der Waals surface area contributed by atoms with Crippen LogP contribution >= 0.6 is 11.3 Å². The summed E-state index contributed by atoms with van der Waals surface area (Å²) in [6.45, 7) is 6.58. The van der Waals surface area contributed by atoms with Crippen LogP contribution in [0.3, 0.4) is 0 Å². The van der Waals surface area contributed by atoms with Crippen molar-refractivity contribution in [1.82, 2.24) is 9.88 Å². The number of amides is 1. The van der Waals surface area contributed by atoms with E-state index in [1.165, 1.54) is 4.90 Å². The van der Waals surface area contributed by atoms with E-state index in [9.17, 15) is 14.7 Å². The Morgan fingerprint density at radius 2 is 1.96 bits per heavy atom. The van der Waals surface area contributed by atoms with Crippen molar-refractivity contribution in [2.75, 3.05) is 0 Å². The summed E-state index contributed by atoms with van der Waals surface area (Å²) >= 11 is 1.54. The zero-order valence-electron chi connectivity index (χ0n) is 14.7. The Morgan fingerprint density at radius 3 is 2.56 bits per heavy atom. The van der Waals surface area contributed by atoms with Crippen molar-refractivity contribution in [2.24, 2.45) is 0 Å². The molecule has 1 aliphatic rings. The lowest BCUT2D eigenvalue weighted by molar-refractivity contribution is -0.151. The standard InChI is InChI=1S/C19H22N2O3S/c1-19(2,3)18-20-14(11-25-18)9-16(22)21-10-13-7-5-4-6-12(13)8-15(21)17(23)24/h4-7,11,15H,8-10H2,1-3H3,(H,23,24). The Balaban J connectivity index is 1.80. The van der Waals surface area contributed by atoms with Gasteiger partial charge in [-0.1, -0.05) is 45.0 Å². The van der Waals surface area contributed by atoms with Gasteiger partial charge in [-0.3, -0.25) is 4.79 Å². The van der Waals surface area contributed by atoms with E-state index in [1.54, 1.807) is 11.3 Å². The number of hydrogen-bond donors (Lipinski definition) is 1. The Hall–Kier alpha value is -2.21. The molecule has 1 unspecified atom stereocenters. The number of fused-ring (bicyclic) bond motifs is 1. The van der Waals surface area contributed by atoms with Crippen LogP contribution in [0.2, 0.25) is 0 Å². The highest BCUT2D eigenvalue weighted by Crippen LogP contribution is 2.27. The Kier molecular flexibility index (Phi) is 4.64. The van der Waals surface area contributed by atoms with Crippen LogP contribution in [-0.4, -0.2) is 32.9 Å². The second-order valence-electron chi connectivity index (χ2n) is 7.42. The summed E-state index contributed by atoms with van der Waals surface area (Å²) in [5, 5.41) is 12.4. The van der Waals surface area contributed by atoms with Crippen LogP contribution in [0, 0.1) is 0 Å². The van der Waals surface area contributed by atoms with Crippen LogP contribution in [-0.2, 0) is 34.4 Å². The summed E-state index contributed by atoms with van der Waals surface area (Å²) in [6.07, 6.45) is 0.486. The van der Waals surface area contributed by atoms with Crippen molar-refractivity contribution in [3.8, 4) is 0 Å². The molecule has 2 aromatic rings. The largest absolute Gasteiger partial charge is 0.480 e. The average Bonchev–Trinajstić information content (AvgIpc) is 3.02. The third-order valence-electron chi connectivity index (χ3n) is 4.38. The quantitative estimate of drug-likeness (QED) is 0.916. The van der Waals surface area contributed by atoms with Crippen LogP contribution < -0.4 is 0 Å². The van der Waals surface area contributed by atoms with E-state index in [2.05, 4.69) is 25.8 Å². The zero-order valence-corrected chi connectivity index (χ0v) is 15.5. The lowest BCUT2D eigenvalue weighted by Gasteiger charge is -2.34. The number of aliphatic carboxylic acids is 1. The highest BCUT2D eigenvalue weighted by atomic mass is 32.1. The lowest BCUT2D eigenvalue weighted by Crippen LogP contribution is -2.49. The van der Waals surface area contributed by atoms with Crippen molar-refractivity contribution in [3.63, 3.8) is 0 Å². The van der Waals surface area contributed by atoms with E-state index < -0.39 is 12.0 Å². The molecule has 0 saturated carbocycles. The zero-order chi connectivity index (χ0) is 18.2.